The van der Waals surface area contributed by atoms with E-state index in [0.717, 1.165) is 37.2 Å². The van der Waals surface area contributed by atoms with E-state index in [1.165, 1.54) is 38.5 Å². The number of amides is 2. The molecule has 11 atom stereocenters. The zero-order valence-corrected chi connectivity index (χ0v) is 26.4. The van der Waals surface area contributed by atoms with Crippen LogP contribution in [0.3, 0.4) is 0 Å². The van der Waals surface area contributed by atoms with E-state index in [0.29, 0.717) is 40.5 Å². The molecule has 2 spiro atoms. The summed E-state index contributed by atoms with van der Waals surface area (Å²) in [6.45, 7) is 9.23. The highest BCUT2D eigenvalue weighted by atomic mass is 16.5. The van der Waals surface area contributed by atoms with Crippen LogP contribution in [0.2, 0.25) is 0 Å². The lowest BCUT2D eigenvalue weighted by molar-refractivity contribution is -0.156. The number of likely N-dealkylation sites (N-methyl/N-ethyl adjacent to an activating group) is 1. The minimum Gasteiger partial charge on any atom is -0.393 e. The molecule has 1 aromatic carbocycles. The van der Waals surface area contributed by atoms with Crippen LogP contribution in [-0.2, 0) is 20.9 Å². The van der Waals surface area contributed by atoms with Crippen LogP contribution >= 0.6 is 0 Å². The van der Waals surface area contributed by atoms with Gasteiger partial charge in [-0.3, -0.25) is 9.59 Å². The molecule has 6 aliphatic rings. The SMILES string of the molecule is CC(=O)N(C)C(C(=O)NCc1ccccc1)C1CCC2C(CC3C4CCC5C(C)(C)[C@@H](O)CC[C@@]56CC46CCC23C)O1.[HH]. The summed E-state index contributed by atoms with van der Waals surface area (Å²) >= 11 is 0. The van der Waals surface area contributed by atoms with Crippen LogP contribution in [0.1, 0.15) is 98.9 Å². The molecule has 2 N–H and O–H groups in total. The molecular weight excluding hydrogens is 524 g/mol. The zero-order valence-electron chi connectivity index (χ0n) is 26.4. The van der Waals surface area contributed by atoms with Crippen molar-refractivity contribution in [1.82, 2.24) is 10.2 Å². The van der Waals surface area contributed by atoms with E-state index >= 15 is 0 Å². The van der Waals surface area contributed by atoms with Crippen molar-refractivity contribution in [2.75, 3.05) is 7.05 Å². The van der Waals surface area contributed by atoms with Gasteiger partial charge in [0.05, 0.1) is 18.3 Å². The van der Waals surface area contributed by atoms with Crippen molar-refractivity contribution in [3.05, 3.63) is 35.9 Å². The number of nitrogens with zero attached hydrogens (tertiary/aromatic N) is 1. The minimum atomic E-state index is -0.619. The largest absolute Gasteiger partial charge is 0.393 e. The second-order valence-electron chi connectivity index (χ2n) is 16.1. The Morgan fingerprint density at radius 1 is 1.00 bits per heavy atom. The number of aliphatic hydroxyl groups is 1. The maximum absolute atomic E-state index is 13.6. The molecule has 0 bridgehead atoms. The number of fused-ring (bicyclic) bond motifs is 4. The third-order valence-electron chi connectivity index (χ3n) is 14.4. The Morgan fingerprint density at radius 3 is 2.48 bits per heavy atom. The Balaban J connectivity index is 0.00000329. The molecule has 42 heavy (non-hydrogen) atoms. The second-order valence-corrected chi connectivity index (χ2v) is 16.1. The van der Waals surface area contributed by atoms with Crippen molar-refractivity contribution < 1.29 is 20.9 Å². The third-order valence-corrected chi connectivity index (χ3v) is 14.4. The van der Waals surface area contributed by atoms with Gasteiger partial charge in [-0.15, -0.1) is 0 Å². The van der Waals surface area contributed by atoms with Gasteiger partial charge in [0, 0.05) is 21.9 Å². The number of aliphatic hydroxyl groups excluding tert-OH is 1. The number of benzene rings is 1. The molecule has 6 heteroatoms. The summed E-state index contributed by atoms with van der Waals surface area (Å²) in [6, 6.07) is 9.32. The first-order valence-corrected chi connectivity index (χ1v) is 16.8. The highest BCUT2D eigenvalue weighted by Gasteiger charge is 2.80. The number of rotatable bonds is 5. The number of nitrogens with one attached hydrogen (secondary N) is 1. The van der Waals surface area contributed by atoms with Gasteiger partial charge in [-0.1, -0.05) is 51.1 Å². The van der Waals surface area contributed by atoms with E-state index < -0.39 is 6.04 Å². The highest BCUT2D eigenvalue weighted by Crippen LogP contribution is 2.87. The predicted octanol–water partition coefficient (Wildman–Crippen LogP) is 5.96. The van der Waals surface area contributed by atoms with Crippen molar-refractivity contribution in [3.63, 3.8) is 0 Å². The third kappa shape index (κ3) is 3.95. The number of hydrogen-bond acceptors (Lipinski definition) is 4. The first-order valence-electron chi connectivity index (χ1n) is 16.8. The lowest BCUT2D eigenvalue weighted by Gasteiger charge is -2.59. The van der Waals surface area contributed by atoms with Gasteiger partial charge in [0.15, 0.2) is 0 Å². The quantitative estimate of drug-likeness (QED) is 0.452. The van der Waals surface area contributed by atoms with Crippen LogP contribution in [0.5, 0.6) is 0 Å². The van der Waals surface area contributed by atoms with Crippen LogP contribution in [0, 0.1) is 45.3 Å². The number of carbonyl (C=O) groups excluding carboxylic acids is 2. The van der Waals surface area contributed by atoms with Gasteiger partial charge in [-0.2, -0.15) is 0 Å². The van der Waals surface area contributed by atoms with Crippen LogP contribution in [0.4, 0.5) is 0 Å². The van der Waals surface area contributed by atoms with Crippen molar-refractivity contribution in [1.29, 1.82) is 0 Å². The Bertz CT molecular complexity index is 1240. The smallest absolute Gasteiger partial charge is 0.245 e. The Morgan fingerprint density at radius 2 is 1.74 bits per heavy atom. The normalized spacial score (nSPS) is 45.2. The fourth-order valence-electron chi connectivity index (χ4n) is 12.2. The van der Waals surface area contributed by atoms with Gasteiger partial charge < -0.3 is 20.1 Å². The molecule has 6 fully saturated rings. The van der Waals surface area contributed by atoms with Crippen LogP contribution in [0.15, 0.2) is 30.3 Å². The highest BCUT2D eigenvalue weighted by molar-refractivity contribution is 5.87. The maximum atomic E-state index is 13.6. The predicted molar refractivity (Wildman–Crippen MR) is 164 cm³/mol. The van der Waals surface area contributed by atoms with Gasteiger partial charge in [0.25, 0.3) is 0 Å². The lowest BCUT2D eigenvalue weighted by Crippen LogP contribution is -2.56. The molecule has 1 aliphatic heterocycles. The molecule has 1 heterocycles. The molecule has 1 saturated heterocycles. The van der Waals surface area contributed by atoms with Crippen molar-refractivity contribution in [3.8, 4) is 0 Å². The number of ether oxygens (including phenoxy) is 1. The summed E-state index contributed by atoms with van der Waals surface area (Å²) in [6.07, 6.45) is 11.4. The van der Waals surface area contributed by atoms with E-state index in [4.69, 9.17) is 4.74 Å². The molecule has 5 saturated carbocycles. The molecule has 1 aromatic rings. The summed E-state index contributed by atoms with van der Waals surface area (Å²) < 4.78 is 6.96. The molecule has 5 aliphatic carbocycles. The second kappa shape index (κ2) is 9.79. The summed E-state index contributed by atoms with van der Waals surface area (Å²) in [5.74, 6) is 2.38. The minimum absolute atomic E-state index is 0. The summed E-state index contributed by atoms with van der Waals surface area (Å²) in [4.78, 5) is 27.7. The fourth-order valence-corrected chi connectivity index (χ4v) is 12.2. The molecular formula is C36H54N2O4. The van der Waals surface area contributed by atoms with Crippen molar-refractivity contribution in [2.45, 2.75) is 123 Å². The van der Waals surface area contributed by atoms with Crippen LogP contribution in [0.25, 0.3) is 0 Å². The van der Waals surface area contributed by atoms with E-state index in [9.17, 15) is 14.7 Å². The number of hydrogen-bond donors (Lipinski definition) is 2. The topological polar surface area (TPSA) is 78.9 Å². The average molecular weight is 579 g/mol. The monoisotopic (exact) mass is 578 g/mol. The van der Waals surface area contributed by atoms with Crippen LogP contribution < -0.4 is 5.32 Å². The Labute approximate surface area is 253 Å². The van der Waals surface area contributed by atoms with Gasteiger partial charge in [-0.05, 0) is 115 Å². The average Bonchev–Trinajstić information content (AvgIpc) is 3.55. The molecule has 232 valence electrons. The first kappa shape index (κ1) is 28.8. The van der Waals surface area contributed by atoms with Gasteiger partial charge >= 0.3 is 0 Å². The lowest BCUT2D eigenvalue weighted by atomic mass is 9.46. The zero-order chi connectivity index (χ0) is 29.7. The molecule has 6 nitrogen and oxygen atoms in total. The maximum Gasteiger partial charge on any atom is 0.245 e. The Kier molecular flexibility index (Phi) is 6.72. The molecule has 9 unspecified atom stereocenters. The van der Waals surface area contributed by atoms with E-state index in [-0.39, 0.29) is 37.0 Å². The van der Waals surface area contributed by atoms with E-state index in [1.807, 2.05) is 30.3 Å². The summed E-state index contributed by atoms with van der Waals surface area (Å²) in [5, 5.41) is 14.0. The van der Waals surface area contributed by atoms with E-state index in [1.54, 1.807) is 18.9 Å². The van der Waals surface area contributed by atoms with Crippen LogP contribution in [-0.4, -0.2) is 53.2 Å². The first-order chi connectivity index (χ1) is 19.9. The molecule has 2 amide bonds. The molecule has 7 rings (SSSR count). The van der Waals surface area contributed by atoms with Gasteiger partial charge in [0.2, 0.25) is 11.8 Å². The summed E-state index contributed by atoms with van der Waals surface area (Å²) in [7, 11) is 1.75. The van der Waals surface area contributed by atoms with Gasteiger partial charge in [-0.25, -0.2) is 0 Å². The van der Waals surface area contributed by atoms with Gasteiger partial charge in [0.1, 0.15) is 6.04 Å². The Hall–Kier alpha value is -1.92. The van der Waals surface area contributed by atoms with Crippen molar-refractivity contribution >= 4 is 11.8 Å². The molecule has 0 aromatic heterocycles. The fraction of sp³-hybridized carbons (Fsp3) is 0.778. The van der Waals surface area contributed by atoms with Crippen molar-refractivity contribution in [2.24, 2.45) is 45.3 Å². The summed E-state index contributed by atoms with van der Waals surface area (Å²) in [5.41, 5.74) is 2.28. The standard InChI is InChI=1S/C36H52N2O4.H2/c1-22(39)38(5)31(32(41)37-20-23-9-7-6-8-10-23)27-13-11-25-28(42-27)19-26-24-12-14-29-33(2,3)30(40)15-16-36(29)21-35(24,36)18-17-34(25,26)4;/h6-10,24-31,40H,11-21H2,1-5H3,(H,37,41);1H/t24?,25?,26?,27?,28?,29?,30-,31?,34?,35?,36+;/m0./s1. The van der Waals surface area contributed by atoms with E-state index in [2.05, 4.69) is 26.1 Å². The molecule has 0 radical (unpaired) electrons. The number of carbonyl (C=O) groups is 2.